The van der Waals surface area contributed by atoms with E-state index in [4.69, 9.17) is 18.9 Å². The predicted molar refractivity (Wildman–Crippen MR) is 183 cm³/mol. The number of aliphatic hydroxyl groups excluding tert-OH is 2. The average molecular weight is 739 g/mol. The average Bonchev–Trinajstić information content (AvgIpc) is 3.08. The Morgan fingerprint density at radius 1 is 1.00 bits per heavy atom. The fourth-order valence-electron chi connectivity index (χ4n) is 8.21. The Morgan fingerprint density at radius 3 is 2.26 bits per heavy atom. The smallest absolute Gasteiger partial charge is 0.255 e. The second-order valence-electron chi connectivity index (χ2n) is 14.3. The van der Waals surface area contributed by atoms with Crippen LogP contribution in [0.4, 0.5) is 0 Å². The van der Waals surface area contributed by atoms with Crippen LogP contribution in [-0.2, 0) is 31.0 Å². The zero-order valence-electron chi connectivity index (χ0n) is 30.2. The third-order valence-electron chi connectivity index (χ3n) is 10.7. The summed E-state index contributed by atoms with van der Waals surface area (Å²) in [5.74, 6) is -7.07. The van der Waals surface area contributed by atoms with Gasteiger partial charge in [-0.1, -0.05) is 19.9 Å². The van der Waals surface area contributed by atoms with E-state index in [1.54, 1.807) is 6.92 Å². The minimum absolute atomic E-state index is 0.0297. The third kappa shape index (κ3) is 5.30. The Bertz CT molecular complexity index is 1990. The largest absolute Gasteiger partial charge is 0.507 e. The van der Waals surface area contributed by atoms with Crippen LogP contribution >= 0.6 is 0 Å². The van der Waals surface area contributed by atoms with E-state index in [1.807, 2.05) is 13.8 Å². The number of benzene rings is 2. The van der Waals surface area contributed by atoms with E-state index in [0.29, 0.717) is 0 Å². The molecule has 1 heterocycles. The molecule has 1 fully saturated rings. The monoisotopic (exact) mass is 738 g/mol. The van der Waals surface area contributed by atoms with Crippen molar-refractivity contribution in [2.24, 2.45) is 10.9 Å². The number of nitrogens with one attached hydrogen (secondary N) is 1. The van der Waals surface area contributed by atoms with Crippen molar-refractivity contribution < 1.29 is 68.5 Å². The summed E-state index contributed by atoms with van der Waals surface area (Å²) in [4.78, 5) is 74.6. The summed E-state index contributed by atoms with van der Waals surface area (Å²) >= 11 is 0. The van der Waals surface area contributed by atoms with Crippen LogP contribution in [0.15, 0.2) is 17.1 Å². The first-order valence-electron chi connectivity index (χ1n) is 17.1. The van der Waals surface area contributed by atoms with E-state index in [-0.39, 0.29) is 34.9 Å². The van der Waals surface area contributed by atoms with Crippen LogP contribution in [0.3, 0.4) is 0 Å². The van der Waals surface area contributed by atoms with Crippen LogP contribution in [0.2, 0.25) is 0 Å². The number of phenols is 2. The number of fused-ring (bicyclic) bond motifs is 5. The molecule has 16 heteroatoms. The van der Waals surface area contributed by atoms with Crippen molar-refractivity contribution in [2.75, 3.05) is 27.9 Å². The fourth-order valence-corrected chi connectivity index (χ4v) is 8.21. The predicted octanol–water partition coefficient (Wildman–Crippen LogP) is 0.707. The highest BCUT2D eigenvalue weighted by Crippen LogP contribution is 2.56. The summed E-state index contributed by atoms with van der Waals surface area (Å²) in [6.45, 7) is 7.05. The summed E-state index contributed by atoms with van der Waals surface area (Å²) in [5, 5.41) is 60.9. The van der Waals surface area contributed by atoms with Gasteiger partial charge in [0.15, 0.2) is 23.2 Å². The molecule has 0 spiro atoms. The third-order valence-corrected chi connectivity index (χ3v) is 10.7. The standard InChI is InChI=1S/C37H42N2O14/c1-13(2)12-38-34(48)22-14(3)8-16-9-21(41)37(52-7)33(47)24-18(32(46)36(37,49)25(16)28(22)44)10-17-23(27(24)43)20(40)11-19(26(17)42)39-35-31(51-6)29(45)30(50-5)15(4)53-35/h8,10,13,15,21,29-31,35,41,43-45,49H,9,11-12H2,1-7H3,(H,38,48)/t15-,21+,29+,30-,31+,35-,36-,37+/m0/s1. The summed E-state index contributed by atoms with van der Waals surface area (Å²) in [6, 6.07) is 2.27. The van der Waals surface area contributed by atoms with Gasteiger partial charge in [-0.15, -0.1) is 0 Å². The van der Waals surface area contributed by atoms with Gasteiger partial charge in [-0.25, -0.2) is 0 Å². The molecule has 0 aromatic heterocycles. The topological polar surface area (TPSA) is 248 Å². The molecular formula is C37H42N2O14. The molecule has 0 bridgehead atoms. The number of nitrogens with zero attached hydrogens (tertiary/aromatic N) is 1. The van der Waals surface area contributed by atoms with Crippen molar-refractivity contribution in [3.8, 4) is 11.5 Å². The Labute approximate surface area is 303 Å². The van der Waals surface area contributed by atoms with Crippen molar-refractivity contribution >= 4 is 34.8 Å². The maximum Gasteiger partial charge on any atom is 0.255 e. The quantitative estimate of drug-likeness (QED) is 0.229. The van der Waals surface area contributed by atoms with Crippen molar-refractivity contribution in [1.82, 2.24) is 5.32 Å². The molecule has 1 saturated heterocycles. The van der Waals surface area contributed by atoms with Gasteiger partial charge in [-0.05, 0) is 37.0 Å². The summed E-state index contributed by atoms with van der Waals surface area (Å²) in [6.07, 6.45) is -8.19. The number of aliphatic hydroxyl groups is 3. The molecule has 8 atom stereocenters. The van der Waals surface area contributed by atoms with E-state index in [1.165, 1.54) is 27.2 Å². The highest BCUT2D eigenvalue weighted by atomic mass is 16.6. The molecule has 0 radical (unpaired) electrons. The number of aryl methyl sites for hydroxylation is 1. The van der Waals surface area contributed by atoms with Gasteiger partial charge >= 0.3 is 0 Å². The number of amides is 1. The number of methoxy groups -OCH3 is 3. The van der Waals surface area contributed by atoms with Crippen molar-refractivity contribution in [2.45, 2.75) is 88.5 Å². The first kappa shape index (κ1) is 38.3. The molecule has 284 valence electrons. The molecule has 0 saturated carbocycles. The molecule has 16 nitrogen and oxygen atoms in total. The number of Topliss-reactive ketones (excluding diaryl/α,β-unsaturated/α-hetero) is 4. The van der Waals surface area contributed by atoms with Gasteiger partial charge in [-0.3, -0.25) is 29.0 Å². The lowest BCUT2D eigenvalue weighted by molar-refractivity contribution is -0.228. The maximum absolute atomic E-state index is 14.7. The van der Waals surface area contributed by atoms with Crippen molar-refractivity contribution in [3.05, 3.63) is 56.6 Å². The molecule has 2 aromatic rings. The molecule has 2 aromatic carbocycles. The number of aliphatic imine (C=N–C) groups is 1. The van der Waals surface area contributed by atoms with Crippen molar-refractivity contribution in [3.63, 3.8) is 0 Å². The molecular weight excluding hydrogens is 696 g/mol. The second-order valence-corrected chi connectivity index (χ2v) is 14.3. The molecule has 4 aliphatic rings. The van der Waals surface area contributed by atoms with Crippen LogP contribution in [0, 0.1) is 12.8 Å². The molecule has 3 aliphatic carbocycles. The van der Waals surface area contributed by atoms with E-state index >= 15 is 0 Å². The van der Waals surface area contributed by atoms with E-state index in [0.717, 1.165) is 13.2 Å². The van der Waals surface area contributed by atoms with Gasteiger partial charge in [0.05, 0.1) is 41.0 Å². The number of hydrogen-bond donors (Lipinski definition) is 6. The van der Waals surface area contributed by atoms with Crippen LogP contribution in [-0.4, -0.2) is 131 Å². The number of hydrogen-bond acceptors (Lipinski definition) is 15. The van der Waals surface area contributed by atoms with E-state index in [9.17, 15) is 49.5 Å². The Balaban J connectivity index is 1.53. The Morgan fingerprint density at radius 2 is 1.66 bits per heavy atom. The lowest BCUT2D eigenvalue weighted by atomic mass is 9.56. The second kappa shape index (κ2) is 13.5. The number of aromatic hydroxyl groups is 2. The number of ether oxygens (including phenoxy) is 4. The Kier molecular flexibility index (Phi) is 9.73. The molecule has 0 unspecified atom stereocenters. The van der Waals surface area contributed by atoms with Crippen molar-refractivity contribution in [1.29, 1.82) is 0 Å². The van der Waals surface area contributed by atoms with E-state index < -0.39 is 129 Å². The van der Waals surface area contributed by atoms with Gasteiger partial charge < -0.3 is 49.8 Å². The number of carbonyl (C=O) groups excluding carboxylic acids is 5. The zero-order valence-corrected chi connectivity index (χ0v) is 30.2. The van der Waals surface area contributed by atoms with Gasteiger partial charge in [0.25, 0.3) is 5.91 Å². The molecule has 1 amide bonds. The SMILES string of the molecule is CO[C@@H]1[C@@H](O)[C@@H](OC)[C@@H](N=C2CC(=O)c3c(cc4c(c3O)C(=O)[C@]3(OC)[C@H](O)Cc5cc(C)c(C(=O)NCC(C)C)c(O)c5[C@]3(O)C4=O)C2=O)O[C@H]1C. The number of phenolic OH excluding ortho intramolecular Hbond substituents is 2. The number of ketones is 4. The normalized spacial score (nSPS) is 31.6. The molecule has 53 heavy (non-hydrogen) atoms. The summed E-state index contributed by atoms with van der Waals surface area (Å²) in [7, 11) is 3.60. The number of rotatable bonds is 7. The van der Waals surface area contributed by atoms with Crippen LogP contribution in [0.5, 0.6) is 11.5 Å². The highest BCUT2D eigenvalue weighted by Gasteiger charge is 2.72. The molecule has 1 aliphatic heterocycles. The lowest BCUT2D eigenvalue weighted by Gasteiger charge is -2.53. The van der Waals surface area contributed by atoms with Crippen LogP contribution in [0.1, 0.15) is 95.7 Å². The minimum atomic E-state index is -3.21. The van der Waals surface area contributed by atoms with Crippen LogP contribution in [0.25, 0.3) is 0 Å². The molecule has 6 rings (SSSR count). The van der Waals surface area contributed by atoms with Gasteiger partial charge in [0.1, 0.15) is 29.8 Å². The highest BCUT2D eigenvalue weighted by molar-refractivity contribution is 6.53. The van der Waals surface area contributed by atoms with E-state index in [2.05, 4.69) is 10.3 Å². The minimum Gasteiger partial charge on any atom is -0.507 e. The maximum atomic E-state index is 14.7. The molecule has 6 N–H and O–H groups in total. The Hall–Kier alpha value is -4.42. The van der Waals surface area contributed by atoms with Crippen LogP contribution < -0.4 is 5.32 Å². The first-order chi connectivity index (χ1) is 24.9. The zero-order chi connectivity index (χ0) is 39.1. The van der Waals surface area contributed by atoms with Gasteiger partial charge in [0, 0.05) is 51.0 Å². The first-order valence-corrected chi connectivity index (χ1v) is 17.1. The summed E-state index contributed by atoms with van der Waals surface area (Å²) < 4.78 is 22.1. The summed E-state index contributed by atoms with van der Waals surface area (Å²) in [5.41, 5.74) is -9.68. The fraction of sp³-hybridized carbons (Fsp3) is 0.514. The van der Waals surface area contributed by atoms with Gasteiger partial charge in [0.2, 0.25) is 17.3 Å². The lowest BCUT2D eigenvalue weighted by Crippen LogP contribution is -2.73. The number of carbonyl (C=O) groups is 5. The van der Waals surface area contributed by atoms with Gasteiger partial charge in [-0.2, -0.15) is 0 Å².